The summed E-state index contributed by atoms with van der Waals surface area (Å²) in [5, 5.41) is 0. The molecule has 0 rings (SSSR count). The van der Waals surface area contributed by atoms with Gasteiger partial charge in [-0.15, -0.1) is 0 Å². The molecule has 436 valence electrons. The van der Waals surface area contributed by atoms with E-state index in [1.54, 1.807) is 0 Å². The number of unbranched alkanes of at least 4 members (excludes halogenated alkanes) is 7. The molecular weight excluding hydrogens is 973 g/mol. The molecule has 0 spiro atoms. The Morgan fingerprint density at radius 2 is 0.468 bits per heavy atom. The highest BCUT2D eigenvalue weighted by Gasteiger charge is 2.19. The lowest BCUT2D eigenvalue weighted by Crippen LogP contribution is -2.30. The third kappa shape index (κ3) is 62.7. The van der Waals surface area contributed by atoms with Gasteiger partial charge in [0.1, 0.15) is 13.2 Å². The molecule has 0 aromatic heterocycles. The number of carbonyl (C=O) groups excluding carboxylic acids is 3. The van der Waals surface area contributed by atoms with Gasteiger partial charge in [-0.3, -0.25) is 14.4 Å². The molecule has 6 nitrogen and oxygen atoms in total. The van der Waals surface area contributed by atoms with Crippen LogP contribution in [0.2, 0.25) is 0 Å². The minimum absolute atomic E-state index is 0.146. The van der Waals surface area contributed by atoms with Crippen molar-refractivity contribution in [2.45, 2.75) is 219 Å². The van der Waals surface area contributed by atoms with E-state index in [1.165, 1.54) is 0 Å². The molecule has 0 aliphatic rings. The standard InChI is InChI=1S/C73H108O6/c1-4-7-10-13-16-19-22-25-28-31-33-35-36-38-39-42-45-48-51-54-57-60-63-66-72(75)78-69-70(68-77-71(74)65-62-59-56-53-50-47-44-41-30-27-24-21-18-15-12-9-6-3)79-73(76)67-64-61-58-55-52-49-46-43-40-37-34-32-29-26-23-20-17-14-11-8-5-2/h7-12,16-21,25-30,33-35,37-39,43-48,53-54,56-57,70H,4-6,13-15,22-24,31-32,36,40-42,49-52,55,58-69H2,1-3H3/b10-7-,11-8-,12-9-,19-16-,20-17-,21-18-,28-25-,29-26-,30-27-,35-33-,37-34-,39-38-,46-43-,47-44-,48-45-,56-53-,57-54-. The molecule has 0 aromatic carbocycles. The molecule has 0 heterocycles. The van der Waals surface area contributed by atoms with Crippen LogP contribution in [0.4, 0.5) is 0 Å². The highest BCUT2D eigenvalue weighted by Crippen LogP contribution is 2.11. The third-order valence-corrected chi connectivity index (χ3v) is 11.8. The fourth-order valence-electron chi connectivity index (χ4n) is 7.32. The van der Waals surface area contributed by atoms with Crippen molar-refractivity contribution in [3.8, 4) is 0 Å². The largest absolute Gasteiger partial charge is 0.462 e. The number of ether oxygens (including phenoxy) is 3. The molecule has 79 heavy (non-hydrogen) atoms. The van der Waals surface area contributed by atoms with Crippen molar-refractivity contribution in [1.29, 1.82) is 0 Å². The van der Waals surface area contributed by atoms with Crippen LogP contribution in [0.15, 0.2) is 207 Å². The Balaban J connectivity index is 4.66. The van der Waals surface area contributed by atoms with Crippen molar-refractivity contribution >= 4 is 17.9 Å². The quantitative estimate of drug-likeness (QED) is 0.0261. The zero-order valence-corrected chi connectivity index (χ0v) is 49.8. The number of esters is 3. The lowest BCUT2D eigenvalue weighted by Gasteiger charge is -2.18. The van der Waals surface area contributed by atoms with E-state index in [4.69, 9.17) is 14.2 Å². The molecule has 6 heteroatoms. The topological polar surface area (TPSA) is 78.9 Å². The molecule has 1 atom stereocenters. The molecule has 0 saturated heterocycles. The fourth-order valence-corrected chi connectivity index (χ4v) is 7.32. The Labute approximate surface area is 483 Å². The lowest BCUT2D eigenvalue weighted by molar-refractivity contribution is -0.167. The fraction of sp³-hybridized carbons (Fsp3) is 0.493. The van der Waals surface area contributed by atoms with Crippen molar-refractivity contribution < 1.29 is 28.6 Å². The van der Waals surface area contributed by atoms with E-state index in [0.717, 1.165) is 161 Å². The van der Waals surface area contributed by atoms with Crippen LogP contribution in [0.1, 0.15) is 213 Å². The van der Waals surface area contributed by atoms with Gasteiger partial charge in [-0.05, 0) is 154 Å². The minimum Gasteiger partial charge on any atom is -0.462 e. The maximum absolute atomic E-state index is 12.9. The summed E-state index contributed by atoms with van der Waals surface area (Å²) in [6.07, 6.45) is 99.7. The molecule has 0 fully saturated rings. The van der Waals surface area contributed by atoms with Gasteiger partial charge in [0.25, 0.3) is 0 Å². The first-order valence-corrected chi connectivity index (χ1v) is 30.6. The summed E-state index contributed by atoms with van der Waals surface area (Å²) < 4.78 is 16.8. The van der Waals surface area contributed by atoms with E-state index in [0.29, 0.717) is 12.8 Å². The van der Waals surface area contributed by atoms with E-state index in [1.807, 2.05) is 0 Å². The summed E-state index contributed by atoms with van der Waals surface area (Å²) in [6, 6.07) is 0. The normalized spacial score (nSPS) is 13.6. The van der Waals surface area contributed by atoms with Crippen LogP contribution < -0.4 is 0 Å². The molecule has 0 bridgehead atoms. The first-order valence-electron chi connectivity index (χ1n) is 30.6. The lowest BCUT2D eigenvalue weighted by atomic mass is 10.1. The number of rotatable bonds is 52. The second kappa shape index (κ2) is 64.5. The van der Waals surface area contributed by atoms with Crippen molar-refractivity contribution in [2.75, 3.05) is 13.2 Å². The van der Waals surface area contributed by atoms with Crippen LogP contribution >= 0.6 is 0 Å². The van der Waals surface area contributed by atoms with Crippen molar-refractivity contribution in [1.82, 2.24) is 0 Å². The molecule has 0 saturated carbocycles. The Hall–Kier alpha value is -6.01. The maximum Gasteiger partial charge on any atom is 0.306 e. The molecule has 0 radical (unpaired) electrons. The van der Waals surface area contributed by atoms with Gasteiger partial charge in [0.2, 0.25) is 0 Å². The highest BCUT2D eigenvalue weighted by molar-refractivity contribution is 5.71. The summed E-state index contributed by atoms with van der Waals surface area (Å²) in [5.74, 6) is -1.09. The maximum atomic E-state index is 12.9. The van der Waals surface area contributed by atoms with Gasteiger partial charge < -0.3 is 14.2 Å². The summed E-state index contributed by atoms with van der Waals surface area (Å²) in [6.45, 7) is 6.16. The second-order valence-electron chi connectivity index (χ2n) is 19.1. The van der Waals surface area contributed by atoms with Crippen LogP contribution in [-0.2, 0) is 28.6 Å². The van der Waals surface area contributed by atoms with E-state index in [2.05, 4.69) is 227 Å². The van der Waals surface area contributed by atoms with Gasteiger partial charge in [0.05, 0.1) is 0 Å². The number of allylic oxidation sites excluding steroid dienone is 34. The molecule has 0 aliphatic heterocycles. The predicted octanol–water partition coefficient (Wildman–Crippen LogP) is 21.2. The molecule has 0 aliphatic carbocycles. The van der Waals surface area contributed by atoms with Gasteiger partial charge in [-0.25, -0.2) is 0 Å². The average Bonchev–Trinajstić information content (AvgIpc) is 3.45. The summed E-state index contributed by atoms with van der Waals surface area (Å²) in [4.78, 5) is 38.3. The van der Waals surface area contributed by atoms with Gasteiger partial charge in [-0.2, -0.15) is 0 Å². The van der Waals surface area contributed by atoms with Gasteiger partial charge in [0.15, 0.2) is 6.10 Å². The monoisotopic (exact) mass is 1080 g/mol. The first kappa shape index (κ1) is 73.0. The van der Waals surface area contributed by atoms with Crippen molar-refractivity contribution in [3.05, 3.63) is 207 Å². The molecule has 0 N–H and O–H groups in total. The van der Waals surface area contributed by atoms with Crippen LogP contribution in [0.3, 0.4) is 0 Å². The third-order valence-electron chi connectivity index (χ3n) is 11.8. The average molecular weight is 1080 g/mol. The summed E-state index contributed by atoms with van der Waals surface area (Å²) in [5.41, 5.74) is 0. The van der Waals surface area contributed by atoms with E-state index >= 15 is 0 Å². The number of hydrogen-bond acceptors (Lipinski definition) is 6. The summed E-state index contributed by atoms with van der Waals surface area (Å²) in [7, 11) is 0. The van der Waals surface area contributed by atoms with Gasteiger partial charge in [-0.1, -0.05) is 247 Å². The van der Waals surface area contributed by atoms with Crippen LogP contribution in [-0.4, -0.2) is 37.2 Å². The Morgan fingerprint density at radius 3 is 0.747 bits per heavy atom. The zero-order valence-electron chi connectivity index (χ0n) is 49.8. The molecule has 0 aromatic rings. The SMILES string of the molecule is CC/C=C\C/C=C\C/C=C\C/C=C\C/C=C\C/C=C\C/C=C\CCCC(=O)OCC(COC(=O)CCC/C=C\C/C=C\C/C=C\C/C=C\C/C=C\CC)OC(=O)CCCCCCC/C=C\C/C=C\C/C=C\C/C=C\C/C=C\CC. The summed E-state index contributed by atoms with van der Waals surface area (Å²) >= 11 is 0. The number of carbonyl (C=O) groups is 3. The smallest absolute Gasteiger partial charge is 0.306 e. The van der Waals surface area contributed by atoms with Crippen molar-refractivity contribution in [2.24, 2.45) is 0 Å². The van der Waals surface area contributed by atoms with Crippen molar-refractivity contribution in [3.63, 3.8) is 0 Å². The van der Waals surface area contributed by atoms with E-state index in [-0.39, 0.29) is 50.4 Å². The predicted molar refractivity (Wildman–Crippen MR) is 343 cm³/mol. The van der Waals surface area contributed by atoms with E-state index < -0.39 is 6.10 Å². The molecule has 1 unspecified atom stereocenters. The van der Waals surface area contributed by atoms with Crippen LogP contribution in [0.25, 0.3) is 0 Å². The van der Waals surface area contributed by atoms with Gasteiger partial charge >= 0.3 is 17.9 Å². The van der Waals surface area contributed by atoms with Gasteiger partial charge in [0, 0.05) is 19.3 Å². The first-order chi connectivity index (χ1) is 39.0. The van der Waals surface area contributed by atoms with E-state index in [9.17, 15) is 14.4 Å². The second-order valence-corrected chi connectivity index (χ2v) is 19.1. The Bertz CT molecular complexity index is 1960. The molecule has 0 amide bonds. The molecular formula is C73H108O6. The van der Waals surface area contributed by atoms with Crippen LogP contribution in [0.5, 0.6) is 0 Å². The Morgan fingerprint density at radius 1 is 0.253 bits per heavy atom. The highest BCUT2D eigenvalue weighted by atomic mass is 16.6. The minimum atomic E-state index is -0.851. The zero-order chi connectivity index (χ0) is 57.1. The van der Waals surface area contributed by atoms with Crippen LogP contribution in [0, 0.1) is 0 Å². The number of hydrogen-bond donors (Lipinski definition) is 0. The Kier molecular flexibility index (Phi) is 59.6.